The van der Waals surface area contributed by atoms with Gasteiger partial charge in [-0.2, -0.15) is 0 Å². The first-order valence-corrected chi connectivity index (χ1v) is 9.64. The maximum absolute atomic E-state index is 12.2. The minimum Gasteiger partial charge on any atom is -0.466 e. The van der Waals surface area contributed by atoms with Gasteiger partial charge in [-0.3, -0.25) is 9.59 Å². The van der Waals surface area contributed by atoms with Gasteiger partial charge in [-0.25, -0.2) is 0 Å². The zero-order chi connectivity index (χ0) is 20.3. The van der Waals surface area contributed by atoms with Crippen molar-refractivity contribution in [3.05, 3.63) is 74.9 Å². The molecule has 0 saturated carbocycles. The highest BCUT2D eigenvalue weighted by molar-refractivity contribution is 7.12. The Morgan fingerprint density at radius 1 is 1.11 bits per heavy atom. The van der Waals surface area contributed by atoms with Crippen LogP contribution >= 0.6 is 11.3 Å². The molecule has 1 atom stereocenters. The lowest BCUT2D eigenvalue weighted by atomic mass is 10.1. The van der Waals surface area contributed by atoms with Crippen LogP contribution in [0.3, 0.4) is 0 Å². The smallest absolute Gasteiger partial charge is 0.313 e. The van der Waals surface area contributed by atoms with E-state index >= 15 is 0 Å². The van der Waals surface area contributed by atoms with Crippen molar-refractivity contribution >= 4 is 28.8 Å². The molecule has 6 nitrogen and oxygen atoms in total. The maximum atomic E-state index is 12.2. The number of furan rings is 1. The molecule has 2 heterocycles. The third kappa shape index (κ3) is 4.49. The highest BCUT2D eigenvalue weighted by Gasteiger charge is 2.18. The van der Waals surface area contributed by atoms with Crippen LogP contribution in [0.5, 0.6) is 0 Å². The molecule has 2 aromatic heterocycles. The molecule has 0 fully saturated rings. The van der Waals surface area contributed by atoms with Gasteiger partial charge in [-0.15, -0.1) is 11.3 Å². The molecule has 146 valence electrons. The molecular formula is C21H22N2O4S. The van der Waals surface area contributed by atoms with E-state index in [1.165, 1.54) is 17.6 Å². The van der Waals surface area contributed by atoms with E-state index in [9.17, 15) is 14.7 Å². The predicted molar refractivity (Wildman–Crippen MR) is 108 cm³/mol. The molecule has 7 heteroatoms. The number of thiophene rings is 1. The van der Waals surface area contributed by atoms with E-state index in [-0.39, 0.29) is 6.54 Å². The molecule has 0 bridgehead atoms. The van der Waals surface area contributed by atoms with Crippen molar-refractivity contribution < 1.29 is 19.1 Å². The molecule has 1 aromatic carbocycles. The summed E-state index contributed by atoms with van der Waals surface area (Å²) in [6.07, 6.45) is 0.656. The average Bonchev–Trinajstić information content (AvgIpc) is 3.33. The van der Waals surface area contributed by atoms with Crippen LogP contribution in [0.1, 0.15) is 38.3 Å². The topological polar surface area (TPSA) is 91.6 Å². The summed E-state index contributed by atoms with van der Waals surface area (Å²) in [4.78, 5) is 25.9. The number of benzene rings is 1. The van der Waals surface area contributed by atoms with Gasteiger partial charge in [0.15, 0.2) is 0 Å². The van der Waals surface area contributed by atoms with E-state index in [2.05, 4.69) is 10.6 Å². The number of anilines is 1. The van der Waals surface area contributed by atoms with E-state index in [0.29, 0.717) is 16.3 Å². The minimum absolute atomic E-state index is 0.202. The van der Waals surface area contributed by atoms with Crippen molar-refractivity contribution in [2.75, 3.05) is 5.32 Å². The van der Waals surface area contributed by atoms with Gasteiger partial charge in [0.2, 0.25) is 0 Å². The maximum Gasteiger partial charge on any atom is 0.313 e. The lowest BCUT2D eigenvalue weighted by Crippen LogP contribution is -2.35. The Bertz CT molecular complexity index is 969. The summed E-state index contributed by atoms with van der Waals surface area (Å²) in [6, 6.07) is 10.9. The van der Waals surface area contributed by atoms with Crippen LogP contribution in [-0.2, 0) is 16.1 Å². The van der Waals surface area contributed by atoms with Crippen molar-refractivity contribution in [1.29, 1.82) is 0 Å². The molecule has 28 heavy (non-hydrogen) atoms. The summed E-state index contributed by atoms with van der Waals surface area (Å²) >= 11 is 1.35. The van der Waals surface area contributed by atoms with Gasteiger partial charge in [0.05, 0.1) is 12.8 Å². The van der Waals surface area contributed by atoms with Crippen LogP contribution in [0.25, 0.3) is 0 Å². The standard InChI is InChI=1S/C21H22N2O4S/c1-12-9-13(2)18(14(3)10-12)23-21(26)20(25)22-11-15-6-7-17(28-15)19(24)16-5-4-8-27-16/h4-10,19,24H,11H2,1-3H3,(H,22,25)(H,23,26). The quantitative estimate of drug-likeness (QED) is 0.573. The summed E-state index contributed by atoms with van der Waals surface area (Å²) in [5, 5.41) is 15.6. The van der Waals surface area contributed by atoms with Crippen LogP contribution in [-0.4, -0.2) is 16.9 Å². The molecule has 0 radical (unpaired) electrons. The minimum atomic E-state index is -0.847. The molecule has 3 aromatic rings. The number of amides is 2. The zero-order valence-electron chi connectivity index (χ0n) is 15.9. The van der Waals surface area contributed by atoms with Crippen molar-refractivity contribution in [2.24, 2.45) is 0 Å². The molecule has 0 aliphatic carbocycles. The van der Waals surface area contributed by atoms with Crippen LogP contribution in [0.2, 0.25) is 0 Å². The number of hydrogen-bond donors (Lipinski definition) is 3. The first kappa shape index (κ1) is 19.9. The molecule has 2 amide bonds. The van der Waals surface area contributed by atoms with E-state index in [4.69, 9.17) is 4.42 Å². The Labute approximate surface area is 167 Å². The van der Waals surface area contributed by atoms with Gasteiger partial charge in [0.1, 0.15) is 11.9 Å². The summed E-state index contributed by atoms with van der Waals surface area (Å²) in [5.74, 6) is -0.955. The Balaban J connectivity index is 1.58. The van der Waals surface area contributed by atoms with Gasteiger partial charge >= 0.3 is 11.8 Å². The number of aryl methyl sites for hydroxylation is 3. The van der Waals surface area contributed by atoms with Gasteiger partial charge in [-0.05, 0) is 56.2 Å². The fourth-order valence-electron chi connectivity index (χ4n) is 3.02. The monoisotopic (exact) mass is 398 g/mol. The van der Waals surface area contributed by atoms with E-state index in [0.717, 1.165) is 21.6 Å². The Morgan fingerprint density at radius 2 is 1.82 bits per heavy atom. The van der Waals surface area contributed by atoms with Crippen LogP contribution in [0.15, 0.2) is 47.1 Å². The molecular weight excluding hydrogens is 376 g/mol. The summed E-state index contributed by atoms with van der Waals surface area (Å²) < 4.78 is 5.21. The van der Waals surface area contributed by atoms with E-state index < -0.39 is 17.9 Å². The van der Waals surface area contributed by atoms with Gasteiger partial charge in [0.25, 0.3) is 0 Å². The molecule has 3 rings (SSSR count). The molecule has 0 spiro atoms. The van der Waals surface area contributed by atoms with E-state index in [1.807, 2.05) is 32.9 Å². The van der Waals surface area contributed by atoms with Crippen LogP contribution in [0, 0.1) is 20.8 Å². The summed E-state index contributed by atoms with van der Waals surface area (Å²) in [7, 11) is 0. The normalized spacial score (nSPS) is 11.9. The molecule has 0 aliphatic rings. The number of carbonyl (C=O) groups is 2. The van der Waals surface area contributed by atoms with Gasteiger partial charge in [-0.1, -0.05) is 17.7 Å². The van der Waals surface area contributed by atoms with Crippen molar-refractivity contribution in [3.8, 4) is 0 Å². The van der Waals surface area contributed by atoms with Crippen molar-refractivity contribution in [1.82, 2.24) is 5.32 Å². The number of carbonyl (C=O) groups excluding carboxylic acids is 2. The second-order valence-electron chi connectivity index (χ2n) is 6.63. The molecule has 0 saturated heterocycles. The fraction of sp³-hybridized carbons (Fsp3) is 0.238. The zero-order valence-corrected chi connectivity index (χ0v) is 16.7. The van der Waals surface area contributed by atoms with Crippen molar-refractivity contribution in [3.63, 3.8) is 0 Å². The second kappa shape index (κ2) is 8.41. The molecule has 3 N–H and O–H groups in total. The molecule has 1 unspecified atom stereocenters. The third-order valence-corrected chi connectivity index (χ3v) is 5.45. The average molecular weight is 398 g/mol. The van der Waals surface area contributed by atoms with Crippen molar-refractivity contribution in [2.45, 2.75) is 33.4 Å². The lowest BCUT2D eigenvalue weighted by molar-refractivity contribution is -0.136. The molecule has 0 aliphatic heterocycles. The van der Waals surface area contributed by atoms with Crippen LogP contribution < -0.4 is 10.6 Å². The third-order valence-electron chi connectivity index (χ3n) is 4.31. The SMILES string of the molecule is Cc1cc(C)c(NC(=O)C(=O)NCc2ccc(C(O)c3ccco3)s2)c(C)c1. The predicted octanol–water partition coefficient (Wildman–Crippen LogP) is 3.60. The second-order valence-corrected chi connectivity index (χ2v) is 7.83. The summed E-state index contributed by atoms with van der Waals surface area (Å²) in [6.45, 7) is 5.97. The number of nitrogens with one attached hydrogen (secondary N) is 2. The summed E-state index contributed by atoms with van der Waals surface area (Å²) in [5.41, 5.74) is 3.58. The highest BCUT2D eigenvalue weighted by atomic mass is 32.1. The Kier molecular flexibility index (Phi) is 5.96. The fourth-order valence-corrected chi connectivity index (χ4v) is 3.97. The number of aliphatic hydroxyl groups is 1. The largest absolute Gasteiger partial charge is 0.466 e. The Hall–Kier alpha value is -2.90. The van der Waals surface area contributed by atoms with Crippen LogP contribution in [0.4, 0.5) is 5.69 Å². The lowest BCUT2D eigenvalue weighted by Gasteiger charge is -2.12. The number of aliphatic hydroxyl groups excluding tert-OH is 1. The first-order chi connectivity index (χ1) is 13.3. The Morgan fingerprint density at radius 3 is 2.46 bits per heavy atom. The van der Waals surface area contributed by atoms with E-state index in [1.54, 1.807) is 24.3 Å². The number of rotatable bonds is 5. The number of hydrogen-bond acceptors (Lipinski definition) is 5. The van der Waals surface area contributed by atoms with Gasteiger partial charge in [0, 0.05) is 15.4 Å². The van der Waals surface area contributed by atoms with Gasteiger partial charge < -0.3 is 20.2 Å². The highest BCUT2D eigenvalue weighted by Crippen LogP contribution is 2.28. The first-order valence-electron chi connectivity index (χ1n) is 8.82.